The number of hydrogen-bond donors (Lipinski definition) is 1. The van der Waals surface area contributed by atoms with Crippen LogP contribution in [0.25, 0.3) is 10.9 Å². The molecule has 1 aromatic carbocycles. The van der Waals surface area contributed by atoms with Crippen LogP contribution in [0.1, 0.15) is 49.4 Å². The Morgan fingerprint density at radius 2 is 2.12 bits per heavy atom. The molecule has 5 heteroatoms. The number of carbonyl (C=O) groups excluding carboxylic acids is 1. The van der Waals surface area contributed by atoms with Gasteiger partial charge in [-0.05, 0) is 49.4 Å². The second-order valence-electron chi connectivity index (χ2n) is 8.00. The highest BCUT2D eigenvalue weighted by Crippen LogP contribution is 2.49. The minimum absolute atomic E-state index is 0.142. The first kappa shape index (κ1) is 16.3. The molecule has 1 aliphatic carbocycles. The molecule has 0 unspecified atom stereocenters. The van der Waals surface area contributed by atoms with Crippen LogP contribution in [0.2, 0.25) is 0 Å². The summed E-state index contributed by atoms with van der Waals surface area (Å²) < 4.78 is 11.5. The molecule has 0 spiro atoms. The number of carbonyl (C=O) groups is 1. The van der Waals surface area contributed by atoms with Crippen molar-refractivity contribution in [2.45, 2.75) is 56.2 Å². The molecule has 2 aliphatic heterocycles. The molecule has 3 aliphatic rings. The summed E-state index contributed by atoms with van der Waals surface area (Å²) >= 11 is 0. The largest absolute Gasteiger partial charge is 0.497 e. The minimum Gasteiger partial charge on any atom is -0.497 e. The maximum atomic E-state index is 12.2. The van der Waals surface area contributed by atoms with E-state index in [-0.39, 0.29) is 11.6 Å². The van der Waals surface area contributed by atoms with Crippen molar-refractivity contribution in [3.05, 3.63) is 29.5 Å². The maximum Gasteiger partial charge on any atom is 0.134 e. The normalized spacial score (nSPS) is 31.4. The Hall–Kier alpha value is -1.85. The van der Waals surface area contributed by atoms with Gasteiger partial charge in [0.15, 0.2) is 0 Å². The molecule has 138 valence electrons. The smallest absolute Gasteiger partial charge is 0.134 e. The number of ketones is 1. The van der Waals surface area contributed by atoms with Crippen LogP contribution in [-0.4, -0.2) is 48.1 Å². The first-order valence-corrected chi connectivity index (χ1v) is 9.66. The second kappa shape index (κ2) is 5.83. The topological polar surface area (TPSA) is 54.6 Å². The fourth-order valence-corrected chi connectivity index (χ4v) is 5.63. The number of ether oxygens (including phenoxy) is 2. The van der Waals surface area contributed by atoms with Crippen LogP contribution in [0.5, 0.6) is 5.75 Å². The molecule has 1 aromatic heterocycles. The Morgan fingerprint density at radius 1 is 1.23 bits per heavy atom. The van der Waals surface area contributed by atoms with Gasteiger partial charge in [-0.1, -0.05) is 0 Å². The fourth-order valence-electron chi connectivity index (χ4n) is 5.63. The predicted molar refractivity (Wildman–Crippen MR) is 99.6 cm³/mol. The summed E-state index contributed by atoms with van der Waals surface area (Å²) in [7, 11) is 3.54. The van der Waals surface area contributed by atoms with Crippen LogP contribution in [0.3, 0.4) is 0 Å². The number of fused-ring (bicyclic) bond motifs is 7. The summed E-state index contributed by atoms with van der Waals surface area (Å²) in [5, 5.41) is 1.28. The molecule has 2 aromatic rings. The number of rotatable bonds is 2. The predicted octanol–water partition coefficient (Wildman–Crippen LogP) is 3.38. The van der Waals surface area contributed by atoms with E-state index in [0.29, 0.717) is 24.7 Å². The van der Waals surface area contributed by atoms with Crippen molar-refractivity contribution in [2.24, 2.45) is 0 Å². The molecule has 3 heterocycles. The Kier molecular flexibility index (Phi) is 3.66. The number of hydrogen-bond acceptors (Lipinski definition) is 4. The lowest BCUT2D eigenvalue weighted by Crippen LogP contribution is -2.62. The van der Waals surface area contributed by atoms with Gasteiger partial charge in [-0.15, -0.1) is 0 Å². The summed E-state index contributed by atoms with van der Waals surface area (Å²) in [6, 6.07) is 6.84. The van der Waals surface area contributed by atoms with Crippen molar-refractivity contribution in [1.82, 2.24) is 9.88 Å². The summed E-state index contributed by atoms with van der Waals surface area (Å²) in [5.74, 6) is 1.29. The molecule has 3 atom stereocenters. The standard InChI is InChI=1S/C21H26N2O3/c1-25-14-3-4-17-16(12-14)15-7-10-23-18(20(15)22-17)6-9-21(26-2)8-5-13(24)11-19(21)23/h3-4,12,18-19,22H,5-11H2,1-2H3/t18-,19+,21-/m0/s1. The van der Waals surface area contributed by atoms with Gasteiger partial charge in [-0.2, -0.15) is 0 Å². The zero-order chi connectivity index (χ0) is 17.9. The zero-order valence-electron chi connectivity index (χ0n) is 15.5. The summed E-state index contributed by atoms with van der Waals surface area (Å²) in [5.41, 5.74) is 3.80. The van der Waals surface area contributed by atoms with E-state index in [4.69, 9.17) is 9.47 Å². The Morgan fingerprint density at radius 3 is 2.92 bits per heavy atom. The molecule has 1 saturated carbocycles. The van der Waals surface area contributed by atoms with Gasteiger partial charge < -0.3 is 14.5 Å². The van der Waals surface area contributed by atoms with Gasteiger partial charge in [-0.3, -0.25) is 9.69 Å². The van der Waals surface area contributed by atoms with Crippen LogP contribution in [-0.2, 0) is 16.0 Å². The van der Waals surface area contributed by atoms with Crippen molar-refractivity contribution < 1.29 is 14.3 Å². The number of piperidine rings is 1. The number of nitrogens with zero attached hydrogens (tertiary/aromatic N) is 1. The second-order valence-corrected chi connectivity index (χ2v) is 8.00. The minimum atomic E-state index is -0.142. The average molecular weight is 354 g/mol. The first-order valence-electron chi connectivity index (χ1n) is 9.66. The van der Waals surface area contributed by atoms with Gasteiger partial charge in [0, 0.05) is 49.1 Å². The van der Waals surface area contributed by atoms with Crippen molar-refractivity contribution in [1.29, 1.82) is 0 Å². The van der Waals surface area contributed by atoms with E-state index in [1.807, 2.05) is 13.2 Å². The lowest BCUT2D eigenvalue weighted by Gasteiger charge is -2.55. The zero-order valence-corrected chi connectivity index (χ0v) is 15.5. The van der Waals surface area contributed by atoms with Crippen LogP contribution in [0, 0.1) is 0 Å². The monoisotopic (exact) mass is 354 g/mol. The third kappa shape index (κ3) is 2.20. The van der Waals surface area contributed by atoms with E-state index in [9.17, 15) is 4.79 Å². The maximum absolute atomic E-state index is 12.2. The molecule has 0 bridgehead atoms. The third-order valence-corrected chi connectivity index (χ3v) is 7.00. The van der Waals surface area contributed by atoms with E-state index in [1.165, 1.54) is 22.2 Å². The average Bonchev–Trinajstić information content (AvgIpc) is 3.05. The van der Waals surface area contributed by atoms with Crippen LogP contribution >= 0.6 is 0 Å². The molecule has 5 nitrogen and oxygen atoms in total. The molecule has 1 saturated heterocycles. The quantitative estimate of drug-likeness (QED) is 0.898. The molecule has 0 radical (unpaired) electrons. The first-order chi connectivity index (χ1) is 12.6. The van der Waals surface area contributed by atoms with Gasteiger partial charge in [0.1, 0.15) is 11.5 Å². The Bertz CT molecular complexity index is 874. The van der Waals surface area contributed by atoms with E-state index in [0.717, 1.165) is 38.0 Å². The number of H-pyrrole nitrogens is 1. The SMILES string of the molecule is COc1ccc2[nH]c3c(c2c1)CCN1[C@H]3CC[C@@]2(OC)CCC(=O)C[C@@H]12. The van der Waals surface area contributed by atoms with Gasteiger partial charge in [0.25, 0.3) is 0 Å². The van der Waals surface area contributed by atoms with Gasteiger partial charge in [-0.25, -0.2) is 0 Å². The lowest BCUT2D eigenvalue weighted by molar-refractivity contribution is -0.159. The van der Waals surface area contributed by atoms with Crippen molar-refractivity contribution >= 4 is 16.7 Å². The summed E-state index contributed by atoms with van der Waals surface area (Å²) in [4.78, 5) is 18.4. The van der Waals surface area contributed by atoms with Gasteiger partial charge in [0.2, 0.25) is 0 Å². The number of nitrogens with one attached hydrogen (secondary N) is 1. The van der Waals surface area contributed by atoms with E-state index in [1.54, 1.807) is 7.11 Å². The van der Waals surface area contributed by atoms with Crippen LogP contribution < -0.4 is 4.74 Å². The van der Waals surface area contributed by atoms with E-state index < -0.39 is 0 Å². The van der Waals surface area contributed by atoms with Crippen molar-refractivity contribution in [3.63, 3.8) is 0 Å². The number of Topliss-reactive ketones (excluding diaryl/α,β-unsaturated/α-hetero) is 1. The van der Waals surface area contributed by atoms with Gasteiger partial charge >= 0.3 is 0 Å². The lowest BCUT2D eigenvalue weighted by atomic mass is 9.70. The molecular weight excluding hydrogens is 328 g/mol. The molecule has 2 fully saturated rings. The summed E-state index contributed by atoms with van der Waals surface area (Å²) in [6.45, 7) is 0.991. The van der Waals surface area contributed by atoms with E-state index in [2.05, 4.69) is 22.0 Å². The summed E-state index contributed by atoms with van der Waals surface area (Å²) in [6.07, 6.45) is 5.28. The molecule has 0 amide bonds. The van der Waals surface area contributed by atoms with Crippen molar-refractivity contribution in [2.75, 3.05) is 20.8 Å². The fraction of sp³-hybridized carbons (Fsp3) is 0.571. The molecule has 1 N–H and O–H groups in total. The van der Waals surface area contributed by atoms with Crippen LogP contribution in [0.15, 0.2) is 18.2 Å². The number of benzene rings is 1. The highest BCUT2D eigenvalue weighted by Gasteiger charge is 2.52. The number of methoxy groups -OCH3 is 2. The van der Waals surface area contributed by atoms with Gasteiger partial charge in [0.05, 0.1) is 18.8 Å². The van der Waals surface area contributed by atoms with Crippen LogP contribution in [0.4, 0.5) is 0 Å². The van der Waals surface area contributed by atoms with E-state index >= 15 is 0 Å². The third-order valence-electron chi connectivity index (χ3n) is 7.00. The Balaban J connectivity index is 1.56. The molecule has 5 rings (SSSR count). The Labute approximate surface area is 153 Å². The number of aromatic amines is 1. The van der Waals surface area contributed by atoms with Crippen molar-refractivity contribution in [3.8, 4) is 5.75 Å². The number of aromatic nitrogens is 1. The molecular formula is C21H26N2O3. The highest BCUT2D eigenvalue weighted by molar-refractivity contribution is 5.86. The highest BCUT2D eigenvalue weighted by atomic mass is 16.5. The molecule has 26 heavy (non-hydrogen) atoms.